The quantitative estimate of drug-likeness (QED) is 0.859. The normalized spacial score (nSPS) is 10.6. The number of rotatable bonds is 2. The molecule has 0 unspecified atom stereocenters. The number of nitrogens with zero attached hydrogens (tertiary/aromatic N) is 3. The van der Waals surface area contributed by atoms with Crippen LogP contribution in [-0.2, 0) is 6.54 Å². The van der Waals surface area contributed by atoms with Gasteiger partial charge in [-0.15, -0.1) is 0 Å². The monoisotopic (exact) mass is 236 g/mol. The van der Waals surface area contributed by atoms with Crippen molar-refractivity contribution in [2.24, 2.45) is 5.73 Å². The Kier molecular flexibility index (Phi) is 3.06. The molecule has 1 aromatic carbocycles. The van der Waals surface area contributed by atoms with Gasteiger partial charge >= 0.3 is 0 Å². The van der Waals surface area contributed by atoms with E-state index in [0.717, 1.165) is 18.2 Å². The smallest absolute Gasteiger partial charge is 0.166 e. The Bertz CT molecular complexity index is 557. The molecule has 0 saturated heterocycles. The standard InChI is InChI=1S/C11H10F2N4/c1-6-15-10(5-14)17-11(16-6)8-4-7(12)2-3-9(8)13/h2-4H,5,14H2,1H3. The molecule has 1 heterocycles. The molecular formula is C11H10F2N4. The lowest BCUT2D eigenvalue weighted by atomic mass is 10.2. The Labute approximate surface area is 96.5 Å². The van der Waals surface area contributed by atoms with Crippen molar-refractivity contribution in [1.29, 1.82) is 0 Å². The molecule has 88 valence electrons. The Morgan fingerprint density at radius 2 is 1.94 bits per heavy atom. The van der Waals surface area contributed by atoms with E-state index >= 15 is 0 Å². The lowest BCUT2D eigenvalue weighted by Crippen LogP contribution is -2.08. The minimum atomic E-state index is -0.583. The van der Waals surface area contributed by atoms with Crippen LogP contribution in [0.15, 0.2) is 18.2 Å². The van der Waals surface area contributed by atoms with E-state index < -0.39 is 11.6 Å². The number of nitrogens with two attached hydrogens (primary N) is 1. The lowest BCUT2D eigenvalue weighted by Gasteiger charge is -2.05. The van der Waals surface area contributed by atoms with E-state index in [0.29, 0.717) is 11.6 Å². The minimum absolute atomic E-state index is 0.00481. The molecule has 0 spiro atoms. The third kappa shape index (κ3) is 2.42. The SMILES string of the molecule is Cc1nc(CN)nc(-c2cc(F)ccc2F)n1. The number of aromatic nitrogens is 3. The van der Waals surface area contributed by atoms with Crippen LogP contribution in [-0.4, -0.2) is 15.0 Å². The summed E-state index contributed by atoms with van der Waals surface area (Å²) >= 11 is 0. The van der Waals surface area contributed by atoms with Gasteiger partial charge < -0.3 is 5.73 Å². The van der Waals surface area contributed by atoms with Gasteiger partial charge in [-0.3, -0.25) is 0 Å². The second-order valence-electron chi connectivity index (χ2n) is 3.45. The zero-order valence-electron chi connectivity index (χ0n) is 9.11. The van der Waals surface area contributed by atoms with Crippen LogP contribution < -0.4 is 5.73 Å². The highest BCUT2D eigenvalue weighted by Crippen LogP contribution is 2.20. The number of benzene rings is 1. The first-order valence-corrected chi connectivity index (χ1v) is 4.97. The molecule has 0 amide bonds. The van der Waals surface area contributed by atoms with Crippen molar-refractivity contribution in [3.05, 3.63) is 41.5 Å². The molecule has 0 bridgehead atoms. The van der Waals surface area contributed by atoms with Crippen LogP contribution >= 0.6 is 0 Å². The molecule has 2 rings (SSSR count). The molecule has 1 aromatic heterocycles. The summed E-state index contributed by atoms with van der Waals surface area (Å²) in [7, 11) is 0. The Hall–Kier alpha value is -1.95. The van der Waals surface area contributed by atoms with E-state index in [-0.39, 0.29) is 17.9 Å². The second kappa shape index (κ2) is 4.50. The van der Waals surface area contributed by atoms with Crippen molar-refractivity contribution >= 4 is 0 Å². The van der Waals surface area contributed by atoms with E-state index in [1.807, 2.05) is 0 Å². The van der Waals surface area contributed by atoms with Crippen molar-refractivity contribution in [2.45, 2.75) is 13.5 Å². The van der Waals surface area contributed by atoms with Crippen molar-refractivity contribution in [2.75, 3.05) is 0 Å². The predicted octanol–water partition coefficient (Wildman–Crippen LogP) is 1.58. The van der Waals surface area contributed by atoms with E-state index in [9.17, 15) is 8.78 Å². The molecule has 0 aliphatic heterocycles. The fourth-order valence-electron chi connectivity index (χ4n) is 1.42. The molecule has 2 N–H and O–H groups in total. The maximum Gasteiger partial charge on any atom is 0.166 e. The van der Waals surface area contributed by atoms with Crippen LogP contribution in [0.3, 0.4) is 0 Å². The Morgan fingerprint density at radius 3 is 2.65 bits per heavy atom. The van der Waals surface area contributed by atoms with Crippen molar-refractivity contribution in [3.63, 3.8) is 0 Å². The fourth-order valence-corrected chi connectivity index (χ4v) is 1.42. The van der Waals surface area contributed by atoms with Crippen LogP contribution in [0.5, 0.6) is 0 Å². The average Bonchev–Trinajstić information content (AvgIpc) is 2.31. The molecule has 4 nitrogen and oxygen atoms in total. The second-order valence-corrected chi connectivity index (χ2v) is 3.45. The van der Waals surface area contributed by atoms with Gasteiger partial charge in [0.1, 0.15) is 23.3 Å². The van der Waals surface area contributed by atoms with Gasteiger partial charge in [-0.05, 0) is 25.1 Å². The van der Waals surface area contributed by atoms with Gasteiger partial charge in [-0.2, -0.15) is 0 Å². The highest BCUT2D eigenvalue weighted by atomic mass is 19.1. The summed E-state index contributed by atoms with van der Waals surface area (Å²) in [5.74, 6) is -0.279. The van der Waals surface area contributed by atoms with E-state index in [1.165, 1.54) is 0 Å². The number of aryl methyl sites for hydroxylation is 1. The first-order chi connectivity index (χ1) is 8.10. The van der Waals surface area contributed by atoms with E-state index in [2.05, 4.69) is 15.0 Å². The van der Waals surface area contributed by atoms with Crippen LogP contribution in [0.4, 0.5) is 8.78 Å². The third-order valence-corrected chi connectivity index (χ3v) is 2.15. The van der Waals surface area contributed by atoms with Crippen LogP contribution in [0, 0.1) is 18.6 Å². The first-order valence-electron chi connectivity index (χ1n) is 4.97. The zero-order valence-corrected chi connectivity index (χ0v) is 9.11. The van der Waals surface area contributed by atoms with Crippen LogP contribution in [0.25, 0.3) is 11.4 Å². The number of halogens is 2. The zero-order chi connectivity index (χ0) is 12.4. The summed E-state index contributed by atoms with van der Waals surface area (Å²) in [5, 5.41) is 0. The maximum atomic E-state index is 13.5. The van der Waals surface area contributed by atoms with Gasteiger partial charge in [0.2, 0.25) is 0 Å². The summed E-state index contributed by atoms with van der Waals surface area (Å²) < 4.78 is 26.6. The van der Waals surface area contributed by atoms with Gasteiger partial charge in [0, 0.05) is 0 Å². The Balaban J connectivity index is 2.59. The molecule has 0 saturated carbocycles. The molecule has 17 heavy (non-hydrogen) atoms. The topological polar surface area (TPSA) is 64.7 Å². The molecule has 0 fully saturated rings. The minimum Gasteiger partial charge on any atom is -0.324 e. The van der Waals surface area contributed by atoms with E-state index in [1.54, 1.807) is 6.92 Å². The van der Waals surface area contributed by atoms with Gasteiger partial charge in [0.25, 0.3) is 0 Å². The molecule has 6 heteroatoms. The number of hydrogen-bond donors (Lipinski definition) is 1. The molecule has 0 radical (unpaired) electrons. The number of hydrogen-bond acceptors (Lipinski definition) is 4. The van der Waals surface area contributed by atoms with Crippen molar-refractivity contribution in [1.82, 2.24) is 15.0 Å². The van der Waals surface area contributed by atoms with Gasteiger partial charge in [0.05, 0.1) is 12.1 Å². The summed E-state index contributed by atoms with van der Waals surface area (Å²) in [5.41, 5.74) is 5.42. The van der Waals surface area contributed by atoms with Gasteiger partial charge in [0.15, 0.2) is 5.82 Å². The molecule has 0 atom stereocenters. The van der Waals surface area contributed by atoms with Gasteiger partial charge in [-0.25, -0.2) is 23.7 Å². The summed E-state index contributed by atoms with van der Waals surface area (Å²) in [4.78, 5) is 11.9. The van der Waals surface area contributed by atoms with Crippen LogP contribution in [0.1, 0.15) is 11.6 Å². The van der Waals surface area contributed by atoms with Gasteiger partial charge in [-0.1, -0.05) is 0 Å². The average molecular weight is 236 g/mol. The lowest BCUT2D eigenvalue weighted by molar-refractivity contribution is 0.601. The summed E-state index contributed by atoms with van der Waals surface area (Å²) in [6, 6.07) is 3.12. The fraction of sp³-hybridized carbons (Fsp3) is 0.182. The van der Waals surface area contributed by atoms with Crippen molar-refractivity contribution < 1.29 is 8.78 Å². The third-order valence-electron chi connectivity index (χ3n) is 2.15. The first kappa shape index (κ1) is 11.5. The predicted molar refractivity (Wildman–Crippen MR) is 57.8 cm³/mol. The highest BCUT2D eigenvalue weighted by Gasteiger charge is 2.11. The molecule has 2 aromatic rings. The largest absolute Gasteiger partial charge is 0.324 e. The Morgan fingerprint density at radius 1 is 1.18 bits per heavy atom. The van der Waals surface area contributed by atoms with E-state index in [4.69, 9.17) is 5.73 Å². The summed E-state index contributed by atoms with van der Waals surface area (Å²) in [6.07, 6.45) is 0. The molecule has 0 aliphatic rings. The maximum absolute atomic E-state index is 13.5. The summed E-state index contributed by atoms with van der Waals surface area (Å²) in [6.45, 7) is 1.76. The highest BCUT2D eigenvalue weighted by molar-refractivity contribution is 5.55. The van der Waals surface area contributed by atoms with Crippen molar-refractivity contribution in [3.8, 4) is 11.4 Å². The molecular weight excluding hydrogens is 226 g/mol. The molecule has 0 aliphatic carbocycles. The van der Waals surface area contributed by atoms with Crippen LogP contribution in [0.2, 0.25) is 0 Å².